The fraction of sp³-hybridized carbons (Fsp3) is 0.316. The Balaban J connectivity index is 2.18. The van der Waals surface area contributed by atoms with Gasteiger partial charge in [-0.1, -0.05) is 30.7 Å². The van der Waals surface area contributed by atoms with Gasteiger partial charge in [0.25, 0.3) is 0 Å². The van der Waals surface area contributed by atoms with Crippen molar-refractivity contribution in [3.63, 3.8) is 0 Å². The van der Waals surface area contributed by atoms with E-state index in [1.165, 1.54) is 31.4 Å². The molecular formula is C19H18ClF3O5. The summed E-state index contributed by atoms with van der Waals surface area (Å²) in [7, 11) is 1.42. The lowest BCUT2D eigenvalue weighted by Gasteiger charge is -2.15. The number of hydrogen-bond acceptors (Lipinski definition) is 5. The molecule has 9 heteroatoms. The predicted octanol–water partition coefficient (Wildman–Crippen LogP) is 5.39. The van der Waals surface area contributed by atoms with Crippen LogP contribution in [0.15, 0.2) is 36.4 Å². The summed E-state index contributed by atoms with van der Waals surface area (Å²) in [6.45, 7) is 2.05. The number of halogens is 4. The van der Waals surface area contributed by atoms with E-state index in [9.17, 15) is 18.0 Å². The van der Waals surface area contributed by atoms with Crippen molar-refractivity contribution < 1.29 is 36.9 Å². The van der Waals surface area contributed by atoms with Gasteiger partial charge in [0, 0.05) is 0 Å². The van der Waals surface area contributed by atoms with Crippen molar-refractivity contribution in [1.29, 1.82) is 0 Å². The van der Waals surface area contributed by atoms with Crippen molar-refractivity contribution in [3.05, 3.63) is 52.5 Å². The van der Waals surface area contributed by atoms with Gasteiger partial charge in [0.05, 0.1) is 13.7 Å². The zero-order chi connectivity index (χ0) is 20.7. The van der Waals surface area contributed by atoms with Crippen LogP contribution in [-0.2, 0) is 11.3 Å². The maximum Gasteiger partial charge on any atom is 0.573 e. The normalized spacial score (nSPS) is 11.1. The first kappa shape index (κ1) is 21.7. The van der Waals surface area contributed by atoms with E-state index in [0.717, 1.165) is 12.1 Å². The molecule has 0 aromatic heterocycles. The van der Waals surface area contributed by atoms with Crippen molar-refractivity contribution in [2.24, 2.45) is 0 Å². The summed E-state index contributed by atoms with van der Waals surface area (Å²) in [4.78, 5) is 12.2. The van der Waals surface area contributed by atoms with Crippen molar-refractivity contribution in [3.8, 4) is 17.2 Å². The van der Waals surface area contributed by atoms with E-state index in [2.05, 4.69) is 4.74 Å². The van der Waals surface area contributed by atoms with Gasteiger partial charge in [0.15, 0.2) is 5.75 Å². The second kappa shape index (κ2) is 9.54. The minimum atomic E-state index is -4.76. The number of ether oxygens (including phenoxy) is 4. The molecule has 0 fully saturated rings. The standard InChI is InChI=1S/C19H18ClF3O5/c1-3-10-26-18(24)14-8-9-15(25-2)16(20)17(14)27-11-12-4-6-13(7-5-12)28-19(21,22)23/h4-9H,3,10-11H2,1-2H3. The first-order valence-electron chi connectivity index (χ1n) is 8.26. The summed E-state index contributed by atoms with van der Waals surface area (Å²) in [5.41, 5.74) is 0.664. The van der Waals surface area contributed by atoms with Crippen molar-refractivity contribution in [2.45, 2.75) is 26.3 Å². The lowest BCUT2D eigenvalue weighted by atomic mass is 10.2. The first-order valence-corrected chi connectivity index (χ1v) is 8.64. The molecule has 0 N–H and O–H groups in total. The van der Waals surface area contributed by atoms with Crippen LogP contribution >= 0.6 is 11.6 Å². The number of esters is 1. The van der Waals surface area contributed by atoms with E-state index in [1.54, 1.807) is 0 Å². The predicted molar refractivity (Wildman–Crippen MR) is 96.0 cm³/mol. The number of carbonyl (C=O) groups is 1. The Morgan fingerprint density at radius 2 is 1.79 bits per heavy atom. The van der Waals surface area contributed by atoms with E-state index in [1.807, 2.05) is 6.92 Å². The zero-order valence-corrected chi connectivity index (χ0v) is 15.9. The molecule has 0 aliphatic carbocycles. The Hall–Kier alpha value is -2.61. The van der Waals surface area contributed by atoms with Crippen LogP contribution in [0.5, 0.6) is 17.2 Å². The number of benzene rings is 2. The summed E-state index contributed by atoms with van der Waals surface area (Å²) >= 11 is 6.25. The summed E-state index contributed by atoms with van der Waals surface area (Å²) < 4.78 is 56.4. The molecule has 2 rings (SSSR count). The maximum absolute atomic E-state index is 12.2. The molecular weight excluding hydrogens is 401 g/mol. The molecule has 0 amide bonds. The van der Waals surface area contributed by atoms with Gasteiger partial charge in [-0.3, -0.25) is 0 Å². The molecule has 0 atom stereocenters. The van der Waals surface area contributed by atoms with Gasteiger partial charge in [-0.05, 0) is 36.2 Å². The van der Waals surface area contributed by atoms with Crippen LogP contribution in [-0.4, -0.2) is 26.0 Å². The zero-order valence-electron chi connectivity index (χ0n) is 15.1. The maximum atomic E-state index is 12.2. The second-order valence-corrected chi connectivity index (χ2v) is 5.95. The lowest BCUT2D eigenvalue weighted by molar-refractivity contribution is -0.274. The number of carbonyl (C=O) groups excluding carboxylic acids is 1. The topological polar surface area (TPSA) is 54.0 Å². The Morgan fingerprint density at radius 3 is 2.36 bits per heavy atom. The third-order valence-electron chi connectivity index (χ3n) is 3.48. The Bertz CT molecular complexity index is 806. The number of alkyl halides is 3. The molecule has 28 heavy (non-hydrogen) atoms. The highest BCUT2D eigenvalue weighted by atomic mass is 35.5. The molecule has 2 aromatic rings. The van der Waals surface area contributed by atoms with Crippen molar-refractivity contribution in [1.82, 2.24) is 0 Å². The Kier molecular flexibility index (Phi) is 7.39. The van der Waals surface area contributed by atoms with Gasteiger partial charge in [0.1, 0.15) is 28.7 Å². The minimum Gasteiger partial charge on any atom is -0.495 e. The van der Waals surface area contributed by atoms with Gasteiger partial charge in [-0.2, -0.15) is 0 Å². The molecule has 5 nitrogen and oxygen atoms in total. The number of hydrogen-bond donors (Lipinski definition) is 0. The fourth-order valence-electron chi connectivity index (χ4n) is 2.21. The lowest BCUT2D eigenvalue weighted by Crippen LogP contribution is -2.17. The van der Waals surface area contributed by atoms with Crippen LogP contribution in [0.3, 0.4) is 0 Å². The van der Waals surface area contributed by atoms with Crippen LogP contribution in [0.25, 0.3) is 0 Å². The average molecular weight is 419 g/mol. The molecule has 0 unspecified atom stereocenters. The molecule has 0 spiro atoms. The summed E-state index contributed by atoms with van der Waals surface area (Å²) in [5.74, 6) is -0.579. The number of rotatable bonds is 8. The smallest absolute Gasteiger partial charge is 0.495 e. The molecule has 0 bridgehead atoms. The largest absolute Gasteiger partial charge is 0.573 e. The Morgan fingerprint density at radius 1 is 1.11 bits per heavy atom. The highest BCUT2D eigenvalue weighted by Gasteiger charge is 2.31. The molecule has 0 aliphatic rings. The second-order valence-electron chi connectivity index (χ2n) is 5.57. The molecule has 2 aromatic carbocycles. The third-order valence-corrected chi connectivity index (χ3v) is 3.84. The molecule has 0 saturated carbocycles. The third kappa shape index (κ3) is 5.95. The monoisotopic (exact) mass is 418 g/mol. The molecule has 152 valence electrons. The van der Waals surface area contributed by atoms with Crippen LogP contribution in [0.2, 0.25) is 5.02 Å². The van der Waals surface area contributed by atoms with Gasteiger partial charge in [0.2, 0.25) is 0 Å². The van der Waals surface area contributed by atoms with E-state index < -0.39 is 12.3 Å². The van der Waals surface area contributed by atoms with Crippen LogP contribution in [0.4, 0.5) is 13.2 Å². The van der Waals surface area contributed by atoms with Gasteiger partial charge in [-0.25, -0.2) is 4.79 Å². The van der Waals surface area contributed by atoms with E-state index in [-0.39, 0.29) is 35.3 Å². The molecule has 0 heterocycles. The minimum absolute atomic E-state index is 0.0484. The quantitative estimate of drug-likeness (QED) is 0.538. The van der Waals surface area contributed by atoms with Crippen molar-refractivity contribution >= 4 is 17.6 Å². The first-order chi connectivity index (χ1) is 13.2. The Labute approximate surface area is 164 Å². The molecule has 0 saturated heterocycles. The van der Waals surface area contributed by atoms with Crippen LogP contribution < -0.4 is 14.2 Å². The van der Waals surface area contributed by atoms with Gasteiger partial charge < -0.3 is 18.9 Å². The van der Waals surface area contributed by atoms with Gasteiger partial charge in [-0.15, -0.1) is 13.2 Å². The van der Waals surface area contributed by atoms with Crippen LogP contribution in [0.1, 0.15) is 29.3 Å². The number of methoxy groups -OCH3 is 1. The fourth-order valence-corrected chi connectivity index (χ4v) is 2.51. The summed E-state index contributed by atoms with van der Waals surface area (Å²) in [6, 6.07) is 8.12. The summed E-state index contributed by atoms with van der Waals surface area (Å²) in [6.07, 6.45) is -4.11. The molecule has 0 aliphatic heterocycles. The SMILES string of the molecule is CCCOC(=O)c1ccc(OC)c(Cl)c1OCc1ccc(OC(F)(F)F)cc1. The van der Waals surface area contributed by atoms with E-state index in [0.29, 0.717) is 17.7 Å². The van der Waals surface area contributed by atoms with Gasteiger partial charge >= 0.3 is 12.3 Å². The van der Waals surface area contributed by atoms with E-state index >= 15 is 0 Å². The van der Waals surface area contributed by atoms with E-state index in [4.69, 9.17) is 25.8 Å². The average Bonchev–Trinajstić information content (AvgIpc) is 2.64. The van der Waals surface area contributed by atoms with Crippen LogP contribution in [0, 0.1) is 0 Å². The molecule has 0 radical (unpaired) electrons. The van der Waals surface area contributed by atoms with Crippen molar-refractivity contribution in [2.75, 3.05) is 13.7 Å². The highest BCUT2D eigenvalue weighted by Crippen LogP contribution is 2.38. The summed E-state index contributed by atoms with van der Waals surface area (Å²) in [5, 5.41) is 0.0884. The highest BCUT2D eigenvalue weighted by molar-refractivity contribution is 6.34.